The van der Waals surface area contributed by atoms with Crippen molar-refractivity contribution in [3.63, 3.8) is 0 Å². The molecule has 91 heavy (non-hydrogen) atoms. The summed E-state index contributed by atoms with van der Waals surface area (Å²) < 4.78 is 157. The molecule has 0 heterocycles. The summed E-state index contributed by atoms with van der Waals surface area (Å²) in [5, 5.41) is 0. The highest BCUT2D eigenvalue weighted by Gasteiger charge is 2.60. The van der Waals surface area contributed by atoms with E-state index in [0.29, 0.717) is 91.8 Å². The molecular weight excluding hydrogens is 1220 g/mol. The summed E-state index contributed by atoms with van der Waals surface area (Å²) in [6.07, 6.45) is 12.3. The van der Waals surface area contributed by atoms with Gasteiger partial charge in [0.05, 0.1) is 23.7 Å². The van der Waals surface area contributed by atoms with E-state index in [4.69, 9.17) is 28.4 Å². The molecule has 0 amide bonds. The van der Waals surface area contributed by atoms with E-state index in [-0.39, 0.29) is 19.1 Å². The highest BCUT2D eigenvalue weighted by atomic mass is 19.3. The lowest BCUT2D eigenvalue weighted by atomic mass is 9.54. The van der Waals surface area contributed by atoms with Crippen LogP contribution in [0.4, 0.5) is 35.1 Å². The van der Waals surface area contributed by atoms with Crippen molar-refractivity contribution in [2.75, 3.05) is 39.6 Å². The van der Waals surface area contributed by atoms with Crippen LogP contribution < -0.4 is 0 Å². The highest BCUT2D eigenvalue weighted by molar-refractivity contribution is 5.85. The average Bonchev–Trinajstić information content (AvgIpc) is 0.771. The Hall–Kier alpha value is -5.33. The smallest absolute Gasteiger partial charge is 0.377 e. The maximum atomic E-state index is 14.3. The zero-order valence-corrected chi connectivity index (χ0v) is 53.4. The molecule has 0 saturated heterocycles. The lowest BCUT2D eigenvalue weighted by Crippen LogP contribution is -2.55. The van der Waals surface area contributed by atoms with Crippen LogP contribution in [0, 0.1) is 70.5 Å². The molecule has 0 N–H and O–H groups in total. The van der Waals surface area contributed by atoms with Crippen LogP contribution in [0.1, 0.15) is 203 Å². The van der Waals surface area contributed by atoms with E-state index < -0.39 is 151 Å². The van der Waals surface area contributed by atoms with Crippen molar-refractivity contribution < 1.29 is 121 Å². The first-order valence-corrected chi connectivity index (χ1v) is 32.6. The number of esters is 9. The predicted octanol–water partition coefficient (Wildman–Crippen LogP) is 12.0. The van der Waals surface area contributed by atoms with Crippen LogP contribution in [0.5, 0.6) is 0 Å². The summed E-state index contributed by atoms with van der Waals surface area (Å²) in [6.45, 7) is 9.28. The fourth-order valence-electron chi connectivity index (χ4n) is 16.3. The highest BCUT2D eigenvalue weighted by Crippen LogP contribution is 2.60. The van der Waals surface area contributed by atoms with Crippen LogP contribution in [0.15, 0.2) is 0 Å². The Morgan fingerprint density at radius 3 is 0.879 bits per heavy atom. The number of rotatable bonds is 28. The van der Waals surface area contributed by atoms with Crippen molar-refractivity contribution in [1.82, 2.24) is 0 Å². The first-order valence-electron chi connectivity index (χ1n) is 32.6. The first-order chi connectivity index (χ1) is 42.4. The van der Waals surface area contributed by atoms with E-state index in [1.165, 1.54) is 0 Å². The Bertz CT molecular complexity index is 2520. The molecule has 0 aliphatic heterocycles. The molecule has 12 rings (SSSR count). The second kappa shape index (κ2) is 29.5. The van der Waals surface area contributed by atoms with Gasteiger partial charge in [-0.05, 0) is 202 Å². The normalized spacial score (nSPS) is 30.4. The third kappa shape index (κ3) is 19.4. The molecule has 26 heteroatoms. The topological polar surface area (TPSA) is 237 Å². The van der Waals surface area contributed by atoms with Crippen molar-refractivity contribution in [2.24, 2.45) is 70.5 Å². The van der Waals surface area contributed by atoms with Gasteiger partial charge in [0.15, 0.2) is 0 Å². The molecule has 12 aliphatic carbocycles. The van der Waals surface area contributed by atoms with Crippen molar-refractivity contribution in [3.05, 3.63) is 0 Å². The molecule has 2 unspecified atom stereocenters. The number of hydrogen-bond donors (Lipinski definition) is 0. The Labute approximate surface area is 526 Å². The molecular formula is C65H92F8O18. The van der Waals surface area contributed by atoms with Gasteiger partial charge < -0.3 is 42.6 Å². The fraction of sp³-hybridized carbons (Fsp3) is 0.862. The van der Waals surface area contributed by atoms with Crippen LogP contribution in [-0.4, -0.2) is 134 Å². The third-order valence-corrected chi connectivity index (χ3v) is 20.4. The Kier molecular flexibility index (Phi) is 23.7. The summed E-state index contributed by atoms with van der Waals surface area (Å²) in [4.78, 5) is 106. The molecule has 0 aromatic heterocycles. The summed E-state index contributed by atoms with van der Waals surface area (Å²) in [5.41, 5.74) is -2.97. The Balaban J connectivity index is 0.000000194. The largest absolute Gasteiger partial charge is 0.462 e. The van der Waals surface area contributed by atoms with Gasteiger partial charge in [-0.3, -0.25) is 24.0 Å². The van der Waals surface area contributed by atoms with E-state index in [2.05, 4.69) is 14.2 Å². The lowest BCUT2D eigenvalue weighted by Gasteiger charge is -2.55. The van der Waals surface area contributed by atoms with Gasteiger partial charge in [-0.2, -0.15) is 35.1 Å². The van der Waals surface area contributed by atoms with Gasteiger partial charge in [0.1, 0.15) is 69.3 Å². The van der Waals surface area contributed by atoms with E-state index in [1.807, 2.05) is 13.8 Å². The van der Waals surface area contributed by atoms with Gasteiger partial charge in [0, 0.05) is 0 Å². The van der Waals surface area contributed by atoms with E-state index in [1.54, 1.807) is 34.6 Å². The van der Waals surface area contributed by atoms with Gasteiger partial charge in [-0.1, -0.05) is 34.6 Å². The van der Waals surface area contributed by atoms with Gasteiger partial charge in [0.25, 0.3) is 0 Å². The second-order valence-corrected chi connectivity index (χ2v) is 28.7. The zero-order valence-electron chi connectivity index (χ0n) is 53.4. The van der Waals surface area contributed by atoms with E-state index in [0.717, 1.165) is 96.3 Å². The maximum Gasteiger partial charge on any atom is 0.377 e. The second-order valence-electron chi connectivity index (χ2n) is 28.7. The van der Waals surface area contributed by atoms with Gasteiger partial charge in [-0.25, -0.2) is 19.2 Å². The molecule has 0 aromatic carbocycles. The number of halogens is 8. The number of alkyl halides is 8. The molecule has 0 aromatic rings. The monoisotopic (exact) mass is 1310 g/mol. The molecule has 12 aliphatic rings. The lowest BCUT2D eigenvalue weighted by molar-refractivity contribution is -0.220. The number of carbonyl (C=O) groups is 9. The summed E-state index contributed by atoms with van der Waals surface area (Å²) in [7, 11) is 0. The minimum Gasteiger partial charge on any atom is -0.462 e. The molecule has 516 valence electrons. The van der Waals surface area contributed by atoms with Crippen LogP contribution in [0.2, 0.25) is 0 Å². The van der Waals surface area contributed by atoms with Crippen molar-refractivity contribution in [3.8, 4) is 0 Å². The van der Waals surface area contributed by atoms with Crippen molar-refractivity contribution >= 4 is 53.7 Å². The minimum atomic E-state index is -4.61. The van der Waals surface area contributed by atoms with E-state index in [9.17, 15) is 78.3 Å². The van der Waals surface area contributed by atoms with Crippen LogP contribution >= 0.6 is 0 Å². The Morgan fingerprint density at radius 1 is 0.363 bits per heavy atom. The van der Waals surface area contributed by atoms with Crippen LogP contribution in [-0.2, 0) is 85.8 Å². The standard InChI is InChI=1S/C22H30F4O6.C22H32F2O6.C21H30F2O6/c1-3-13(2)17(27)30-4-5-31-18(28)21(23,24)12-22(25,26)19(29)32-20-9-14-6-15(10-20)8-16(7-14)11-20;1-4-20(2,3)18(26)28-5-6-29-19(27)22(23,24)13-17(25)30-21-10-14-7-15(11-21)9-16(8-14)12-21;1-3-13(2)18(25)27-4-5-28-19(26)21(22,23)12-17(24)29-20-9-14-6-15(10-20)8-16(7-14)11-20/h13-16H,3-12H2,1-2H3;14-16H,4-13H2,1-3H3;13-16H,3-12H2,1-2H3. The number of ether oxygens (including phenoxy) is 9. The van der Waals surface area contributed by atoms with Crippen LogP contribution in [0.25, 0.3) is 0 Å². The molecule has 2 atom stereocenters. The number of carbonyl (C=O) groups excluding carboxylic acids is 9. The predicted molar refractivity (Wildman–Crippen MR) is 303 cm³/mol. The average molecular weight is 1310 g/mol. The van der Waals surface area contributed by atoms with Crippen molar-refractivity contribution in [1.29, 1.82) is 0 Å². The maximum absolute atomic E-state index is 14.3. The SMILES string of the molecule is CCC(C)(C)C(=O)OCCOC(=O)C(F)(F)CC(=O)OC12CC3CC(CC(C3)C1)C2.CCC(C)C(=O)OCCOC(=O)C(F)(F)CC(=O)OC12CC3CC(CC(C3)C1)C2.CCC(C)C(=O)OCCOC(=O)C(F)(F)CC(F)(F)C(=O)OC12CC3CC(CC(C3)C1)C2. The molecule has 0 spiro atoms. The van der Waals surface area contributed by atoms with Crippen molar-refractivity contribution in [2.45, 2.75) is 243 Å². The Morgan fingerprint density at radius 2 is 0.604 bits per heavy atom. The third-order valence-electron chi connectivity index (χ3n) is 20.4. The fourth-order valence-corrected chi connectivity index (χ4v) is 16.3. The molecule has 18 nitrogen and oxygen atoms in total. The molecule has 12 saturated carbocycles. The summed E-state index contributed by atoms with van der Waals surface area (Å²) >= 11 is 0. The first kappa shape index (κ1) is 73.1. The van der Waals surface area contributed by atoms with E-state index >= 15 is 0 Å². The quantitative estimate of drug-likeness (QED) is 0.0306. The van der Waals surface area contributed by atoms with Gasteiger partial charge in [0.2, 0.25) is 0 Å². The summed E-state index contributed by atoms with van der Waals surface area (Å²) in [5.74, 6) is -25.3. The number of hydrogen-bond acceptors (Lipinski definition) is 18. The summed E-state index contributed by atoms with van der Waals surface area (Å²) in [6, 6.07) is 0. The molecule has 0 radical (unpaired) electrons. The van der Waals surface area contributed by atoms with Gasteiger partial charge >= 0.3 is 77.4 Å². The minimum absolute atomic E-state index is 0.303. The zero-order chi connectivity index (χ0) is 67.1. The van der Waals surface area contributed by atoms with Crippen LogP contribution in [0.3, 0.4) is 0 Å². The van der Waals surface area contributed by atoms with Gasteiger partial charge in [-0.15, -0.1) is 0 Å². The molecule has 12 fully saturated rings. The molecule has 12 bridgehead atoms.